The fourth-order valence-electron chi connectivity index (χ4n) is 2.85. The molecule has 6 nitrogen and oxygen atoms in total. The second kappa shape index (κ2) is 6.76. The van der Waals surface area contributed by atoms with Gasteiger partial charge in [0.1, 0.15) is 5.92 Å². The summed E-state index contributed by atoms with van der Waals surface area (Å²) < 4.78 is 1.90. The molecule has 1 aliphatic rings. The lowest BCUT2D eigenvalue weighted by Crippen LogP contribution is -2.40. The molecule has 2 heterocycles. The van der Waals surface area contributed by atoms with E-state index in [1.54, 1.807) is 24.7 Å². The Balaban J connectivity index is 1.44. The molecular weight excluding hydrogens is 328 g/mol. The molecule has 2 amide bonds. The van der Waals surface area contributed by atoms with Crippen molar-refractivity contribution >= 4 is 17.9 Å². The maximum Gasteiger partial charge on any atom is 0.262 e. The zero-order valence-corrected chi connectivity index (χ0v) is 13.9. The molecule has 6 heteroatoms. The zero-order valence-electron chi connectivity index (χ0n) is 13.9. The van der Waals surface area contributed by atoms with Crippen molar-refractivity contribution in [3.05, 3.63) is 83.4 Å². The van der Waals surface area contributed by atoms with Crippen LogP contribution in [0.1, 0.15) is 5.56 Å². The van der Waals surface area contributed by atoms with E-state index in [0.29, 0.717) is 11.9 Å². The van der Waals surface area contributed by atoms with E-state index in [1.165, 1.54) is 0 Å². The highest BCUT2D eigenvalue weighted by Crippen LogP contribution is 2.10. The Morgan fingerprint density at radius 3 is 2.69 bits per heavy atom. The minimum atomic E-state index is -0.880. The molecule has 0 fully saturated rings. The second-order valence-corrected chi connectivity index (χ2v) is 6.01. The maximum atomic E-state index is 12.4. The first kappa shape index (κ1) is 16.0. The van der Waals surface area contributed by atoms with Crippen LogP contribution in [0, 0.1) is 5.92 Å². The van der Waals surface area contributed by atoms with Gasteiger partial charge in [0.05, 0.1) is 11.7 Å². The van der Waals surface area contributed by atoms with Crippen LogP contribution >= 0.6 is 0 Å². The van der Waals surface area contributed by atoms with Gasteiger partial charge in [-0.05, 0) is 29.0 Å². The largest absolute Gasteiger partial charge is 0.351 e. The van der Waals surface area contributed by atoms with Crippen LogP contribution in [0.25, 0.3) is 11.8 Å². The molecule has 1 aromatic heterocycles. The highest BCUT2D eigenvalue weighted by atomic mass is 16.2. The van der Waals surface area contributed by atoms with Gasteiger partial charge in [0, 0.05) is 24.6 Å². The van der Waals surface area contributed by atoms with Gasteiger partial charge in [-0.2, -0.15) is 0 Å². The number of carbonyl (C=O) groups is 2. The number of hydrogen-bond donors (Lipinski definition) is 1. The number of imidazole rings is 1. The van der Waals surface area contributed by atoms with E-state index in [9.17, 15) is 9.59 Å². The molecule has 1 unspecified atom stereocenters. The Labute approximate surface area is 149 Å². The molecule has 0 saturated carbocycles. The smallest absolute Gasteiger partial charge is 0.262 e. The van der Waals surface area contributed by atoms with Gasteiger partial charge in [-0.15, -0.1) is 0 Å². The first-order chi connectivity index (χ1) is 12.7. The quantitative estimate of drug-likeness (QED) is 0.710. The van der Waals surface area contributed by atoms with Crippen molar-refractivity contribution in [3.8, 4) is 5.69 Å². The molecule has 26 heavy (non-hydrogen) atoms. The predicted molar refractivity (Wildman–Crippen MR) is 95.6 cm³/mol. The highest BCUT2D eigenvalue weighted by molar-refractivity contribution is 6.06. The summed E-state index contributed by atoms with van der Waals surface area (Å²) in [6.45, 7) is 0.350. The van der Waals surface area contributed by atoms with Gasteiger partial charge < -0.3 is 9.88 Å². The van der Waals surface area contributed by atoms with Gasteiger partial charge in [0.2, 0.25) is 5.91 Å². The van der Waals surface area contributed by atoms with Crippen LogP contribution in [0.4, 0.5) is 0 Å². The third-order valence-electron chi connectivity index (χ3n) is 4.27. The Morgan fingerprint density at radius 1 is 1.12 bits per heavy atom. The van der Waals surface area contributed by atoms with Crippen LogP contribution in [-0.4, -0.2) is 21.4 Å². The minimum Gasteiger partial charge on any atom is -0.351 e. The first-order valence-electron chi connectivity index (χ1n) is 8.25. The van der Waals surface area contributed by atoms with Gasteiger partial charge in [-0.3, -0.25) is 9.59 Å². The Kier molecular flexibility index (Phi) is 4.15. The fourth-order valence-corrected chi connectivity index (χ4v) is 2.85. The van der Waals surface area contributed by atoms with Crippen LogP contribution in [0.15, 0.2) is 72.2 Å². The lowest BCUT2D eigenvalue weighted by molar-refractivity contribution is -0.131. The van der Waals surface area contributed by atoms with Crippen LogP contribution in [-0.2, 0) is 16.1 Å². The van der Waals surface area contributed by atoms with Crippen LogP contribution in [0.3, 0.4) is 0 Å². The number of hydrogen-bond acceptors (Lipinski definition) is 3. The average Bonchev–Trinajstić information content (AvgIpc) is 3.21. The summed E-state index contributed by atoms with van der Waals surface area (Å²) in [4.78, 5) is 32.5. The Morgan fingerprint density at radius 2 is 1.92 bits per heavy atom. The number of fused-ring (bicyclic) bond motifs is 1. The zero-order chi connectivity index (χ0) is 17.9. The fraction of sp³-hybridized carbons (Fsp3) is 0.100. The first-order valence-corrected chi connectivity index (χ1v) is 8.25. The summed E-state index contributed by atoms with van der Waals surface area (Å²) in [6.07, 6.45) is 6.97. The molecule has 0 radical (unpaired) electrons. The number of rotatable bonds is 4. The van der Waals surface area contributed by atoms with Crippen molar-refractivity contribution in [2.45, 2.75) is 6.54 Å². The number of nitrogens with zero attached hydrogens (tertiary/aromatic N) is 3. The van der Waals surface area contributed by atoms with Crippen LogP contribution < -0.4 is 15.9 Å². The highest BCUT2D eigenvalue weighted by Gasteiger charge is 2.25. The number of benzene rings is 2. The van der Waals surface area contributed by atoms with E-state index >= 15 is 0 Å². The lowest BCUT2D eigenvalue weighted by Gasteiger charge is -2.13. The molecule has 0 spiro atoms. The topological polar surface area (TPSA) is 76.3 Å². The molecule has 0 bridgehead atoms. The van der Waals surface area contributed by atoms with Crippen molar-refractivity contribution in [3.63, 3.8) is 0 Å². The summed E-state index contributed by atoms with van der Waals surface area (Å²) in [6, 6.07) is 15.1. The predicted octanol–water partition coefficient (Wildman–Crippen LogP) is 0.745. The molecule has 1 aliphatic heterocycles. The SMILES string of the molecule is O=C1N=c2ccccc2=CC1C(=O)NCc1ccc(-n2ccnc2)cc1. The summed E-state index contributed by atoms with van der Waals surface area (Å²) in [5, 5.41) is 4.22. The van der Waals surface area contributed by atoms with E-state index in [0.717, 1.165) is 16.5 Å². The van der Waals surface area contributed by atoms with Gasteiger partial charge in [-0.1, -0.05) is 36.4 Å². The summed E-state index contributed by atoms with van der Waals surface area (Å²) in [5.74, 6) is -1.65. The van der Waals surface area contributed by atoms with Crippen LogP contribution in [0.2, 0.25) is 0 Å². The second-order valence-electron chi connectivity index (χ2n) is 6.01. The number of para-hydroxylation sites is 1. The summed E-state index contributed by atoms with van der Waals surface area (Å²) >= 11 is 0. The van der Waals surface area contributed by atoms with E-state index in [2.05, 4.69) is 15.3 Å². The van der Waals surface area contributed by atoms with Crippen molar-refractivity contribution in [1.82, 2.24) is 14.9 Å². The van der Waals surface area contributed by atoms with E-state index in [4.69, 9.17) is 0 Å². The summed E-state index contributed by atoms with van der Waals surface area (Å²) in [5.41, 5.74) is 1.94. The molecule has 0 saturated heterocycles. The molecule has 0 aliphatic carbocycles. The normalized spacial score (nSPS) is 15.5. The maximum absolute atomic E-state index is 12.4. The van der Waals surface area contributed by atoms with Crippen LogP contribution in [0.5, 0.6) is 0 Å². The number of carbonyl (C=O) groups excluding carboxylic acids is 2. The number of aromatic nitrogens is 2. The monoisotopic (exact) mass is 344 g/mol. The van der Waals surface area contributed by atoms with Crippen molar-refractivity contribution < 1.29 is 9.59 Å². The van der Waals surface area contributed by atoms with Gasteiger partial charge >= 0.3 is 0 Å². The molecule has 1 N–H and O–H groups in total. The minimum absolute atomic E-state index is 0.341. The molecule has 1 atom stereocenters. The Hall–Kier alpha value is -3.54. The number of amides is 2. The van der Waals surface area contributed by atoms with E-state index in [1.807, 2.05) is 53.2 Å². The van der Waals surface area contributed by atoms with Gasteiger partial charge in [0.25, 0.3) is 5.91 Å². The number of nitrogens with one attached hydrogen (secondary N) is 1. The van der Waals surface area contributed by atoms with Crippen molar-refractivity contribution in [1.29, 1.82) is 0 Å². The molecule has 128 valence electrons. The standard InChI is InChI=1S/C20H16N4O2/c25-19(17-11-15-3-1-2-4-18(15)23-20(17)26)22-12-14-5-7-16(8-6-14)24-10-9-21-13-24/h1-11,13,17H,12H2,(H,22,25). The van der Waals surface area contributed by atoms with Crippen molar-refractivity contribution in [2.75, 3.05) is 0 Å². The molecule has 3 aromatic rings. The van der Waals surface area contributed by atoms with Gasteiger partial charge in [-0.25, -0.2) is 9.98 Å². The van der Waals surface area contributed by atoms with E-state index < -0.39 is 11.8 Å². The van der Waals surface area contributed by atoms with E-state index in [-0.39, 0.29) is 5.91 Å². The molecule has 4 rings (SSSR count). The average molecular weight is 344 g/mol. The van der Waals surface area contributed by atoms with Gasteiger partial charge in [0.15, 0.2) is 0 Å². The lowest BCUT2D eigenvalue weighted by atomic mass is 10.0. The third kappa shape index (κ3) is 3.17. The summed E-state index contributed by atoms with van der Waals surface area (Å²) in [7, 11) is 0. The third-order valence-corrected chi connectivity index (χ3v) is 4.27. The Bertz CT molecular complexity index is 1070. The van der Waals surface area contributed by atoms with Crippen molar-refractivity contribution in [2.24, 2.45) is 10.9 Å². The molecule has 2 aromatic carbocycles. The molecular formula is C20H16N4O2.